The standard InChI is InChI=1S/C11H19N3O3/c12-10(15)9-8-14(6-7-17-9)11(16)13-4-2-1-3-5-13/h9H,1-8H2,(H2,12,15). The molecule has 96 valence electrons. The lowest BCUT2D eigenvalue weighted by molar-refractivity contribution is -0.133. The van der Waals surface area contributed by atoms with Crippen LogP contribution in [0.25, 0.3) is 0 Å². The molecule has 0 bridgehead atoms. The average molecular weight is 241 g/mol. The predicted octanol–water partition coefficient (Wildman–Crippen LogP) is -0.222. The molecule has 2 saturated heterocycles. The summed E-state index contributed by atoms with van der Waals surface area (Å²) in [5.41, 5.74) is 5.19. The molecule has 6 heteroatoms. The SMILES string of the molecule is NC(=O)C1CN(C(=O)N2CCCCC2)CCO1. The quantitative estimate of drug-likeness (QED) is 0.689. The Hall–Kier alpha value is -1.30. The number of amides is 3. The van der Waals surface area contributed by atoms with Crippen molar-refractivity contribution in [3.8, 4) is 0 Å². The van der Waals surface area contributed by atoms with Gasteiger partial charge in [-0.05, 0) is 19.3 Å². The zero-order valence-electron chi connectivity index (χ0n) is 9.93. The van der Waals surface area contributed by atoms with Crippen LogP contribution in [0.1, 0.15) is 19.3 Å². The van der Waals surface area contributed by atoms with E-state index in [9.17, 15) is 9.59 Å². The molecule has 2 heterocycles. The lowest BCUT2D eigenvalue weighted by Crippen LogP contribution is -2.54. The fraction of sp³-hybridized carbons (Fsp3) is 0.818. The molecule has 3 amide bonds. The first-order valence-corrected chi connectivity index (χ1v) is 6.13. The molecule has 1 atom stereocenters. The first-order valence-electron chi connectivity index (χ1n) is 6.13. The Morgan fingerprint density at radius 2 is 1.76 bits per heavy atom. The third-order valence-corrected chi connectivity index (χ3v) is 3.28. The van der Waals surface area contributed by atoms with E-state index in [1.165, 1.54) is 6.42 Å². The summed E-state index contributed by atoms with van der Waals surface area (Å²) in [5.74, 6) is -0.499. The molecule has 2 aliphatic rings. The predicted molar refractivity (Wildman–Crippen MR) is 61.3 cm³/mol. The number of carbonyl (C=O) groups is 2. The van der Waals surface area contributed by atoms with Gasteiger partial charge >= 0.3 is 6.03 Å². The zero-order valence-corrected chi connectivity index (χ0v) is 9.93. The number of hydrogen-bond donors (Lipinski definition) is 1. The monoisotopic (exact) mass is 241 g/mol. The topological polar surface area (TPSA) is 75.9 Å². The van der Waals surface area contributed by atoms with E-state index in [1.54, 1.807) is 4.90 Å². The summed E-state index contributed by atoms with van der Waals surface area (Å²) in [4.78, 5) is 26.7. The second-order valence-corrected chi connectivity index (χ2v) is 4.54. The number of rotatable bonds is 1. The molecule has 2 N–H and O–H groups in total. The van der Waals surface area contributed by atoms with Crippen LogP contribution in [-0.2, 0) is 9.53 Å². The van der Waals surface area contributed by atoms with Gasteiger partial charge in [0.1, 0.15) is 0 Å². The molecular formula is C11H19N3O3. The van der Waals surface area contributed by atoms with Gasteiger partial charge in [0.2, 0.25) is 5.91 Å². The number of likely N-dealkylation sites (tertiary alicyclic amines) is 1. The van der Waals surface area contributed by atoms with Crippen LogP contribution in [0, 0.1) is 0 Å². The van der Waals surface area contributed by atoms with E-state index in [4.69, 9.17) is 10.5 Å². The maximum atomic E-state index is 12.2. The van der Waals surface area contributed by atoms with E-state index in [0.29, 0.717) is 13.2 Å². The van der Waals surface area contributed by atoms with Gasteiger partial charge in [0.15, 0.2) is 6.10 Å². The van der Waals surface area contributed by atoms with Crippen molar-refractivity contribution < 1.29 is 14.3 Å². The van der Waals surface area contributed by atoms with Crippen molar-refractivity contribution in [3.63, 3.8) is 0 Å². The number of ether oxygens (including phenoxy) is 1. The summed E-state index contributed by atoms with van der Waals surface area (Å²) in [7, 11) is 0. The summed E-state index contributed by atoms with van der Waals surface area (Å²) in [6, 6.07) is 0.0132. The minimum absolute atomic E-state index is 0.0132. The zero-order chi connectivity index (χ0) is 12.3. The van der Waals surface area contributed by atoms with Gasteiger partial charge in [-0.3, -0.25) is 4.79 Å². The molecule has 0 radical (unpaired) electrons. The number of carbonyl (C=O) groups excluding carboxylic acids is 2. The van der Waals surface area contributed by atoms with Gasteiger partial charge in [-0.25, -0.2) is 4.79 Å². The van der Waals surface area contributed by atoms with Crippen molar-refractivity contribution >= 4 is 11.9 Å². The number of nitrogens with zero attached hydrogens (tertiary/aromatic N) is 2. The third kappa shape index (κ3) is 2.88. The molecule has 0 saturated carbocycles. The Kier molecular flexibility index (Phi) is 3.83. The number of primary amides is 1. The summed E-state index contributed by atoms with van der Waals surface area (Å²) in [5, 5.41) is 0. The minimum atomic E-state index is -0.655. The third-order valence-electron chi connectivity index (χ3n) is 3.28. The van der Waals surface area contributed by atoms with E-state index >= 15 is 0 Å². The Bertz CT molecular complexity index is 302. The number of urea groups is 1. The van der Waals surface area contributed by atoms with Gasteiger partial charge in [0, 0.05) is 19.6 Å². The molecule has 2 rings (SSSR count). The summed E-state index contributed by atoms with van der Waals surface area (Å²) in [6.07, 6.45) is 2.67. The Balaban J connectivity index is 1.91. The van der Waals surface area contributed by atoms with E-state index in [-0.39, 0.29) is 12.6 Å². The molecule has 2 aliphatic heterocycles. The van der Waals surface area contributed by atoms with E-state index in [1.807, 2.05) is 4.90 Å². The van der Waals surface area contributed by atoms with Crippen molar-refractivity contribution in [1.82, 2.24) is 9.80 Å². The Morgan fingerprint density at radius 3 is 2.41 bits per heavy atom. The van der Waals surface area contributed by atoms with E-state index in [2.05, 4.69) is 0 Å². The summed E-state index contributed by atoms with van der Waals surface area (Å²) >= 11 is 0. The summed E-state index contributed by atoms with van der Waals surface area (Å²) in [6.45, 7) is 2.84. The van der Waals surface area contributed by atoms with Gasteiger partial charge in [-0.2, -0.15) is 0 Å². The van der Waals surface area contributed by atoms with Crippen molar-refractivity contribution in [2.75, 3.05) is 32.8 Å². The first kappa shape index (κ1) is 12.2. The number of hydrogen-bond acceptors (Lipinski definition) is 3. The molecule has 0 aliphatic carbocycles. The lowest BCUT2D eigenvalue weighted by Gasteiger charge is -2.36. The van der Waals surface area contributed by atoms with Gasteiger partial charge < -0.3 is 20.3 Å². The van der Waals surface area contributed by atoms with E-state index < -0.39 is 12.0 Å². The number of morpholine rings is 1. The largest absolute Gasteiger partial charge is 0.367 e. The van der Waals surface area contributed by atoms with Gasteiger partial charge in [-0.15, -0.1) is 0 Å². The van der Waals surface area contributed by atoms with E-state index in [0.717, 1.165) is 25.9 Å². The highest BCUT2D eigenvalue weighted by Crippen LogP contribution is 2.13. The fourth-order valence-corrected chi connectivity index (χ4v) is 2.28. The van der Waals surface area contributed by atoms with Gasteiger partial charge in [0.05, 0.1) is 13.2 Å². The Labute approximate surface area is 101 Å². The summed E-state index contributed by atoms with van der Waals surface area (Å²) < 4.78 is 5.22. The van der Waals surface area contributed by atoms with Gasteiger partial charge in [-0.1, -0.05) is 0 Å². The highest BCUT2D eigenvalue weighted by molar-refractivity contribution is 5.81. The molecule has 6 nitrogen and oxygen atoms in total. The molecule has 1 unspecified atom stereocenters. The van der Waals surface area contributed by atoms with Crippen molar-refractivity contribution in [1.29, 1.82) is 0 Å². The average Bonchev–Trinajstić information content (AvgIpc) is 2.39. The van der Waals surface area contributed by atoms with Crippen LogP contribution in [-0.4, -0.2) is 60.6 Å². The molecule has 0 aromatic carbocycles. The molecule has 17 heavy (non-hydrogen) atoms. The van der Waals surface area contributed by atoms with Crippen molar-refractivity contribution in [2.45, 2.75) is 25.4 Å². The van der Waals surface area contributed by atoms with Crippen LogP contribution in [0.5, 0.6) is 0 Å². The lowest BCUT2D eigenvalue weighted by atomic mass is 10.1. The van der Waals surface area contributed by atoms with Crippen LogP contribution >= 0.6 is 0 Å². The highest BCUT2D eigenvalue weighted by atomic mass is 16.5. The molecule has 0 spiro atoms. The van der Waals surface area contributed by atoms with Crippen LogP contribution in [0.3, 0.4) is 0 Å². The maximum absolute atomic E-state index is 12.2. The first-order chi connectivity index (χ1) is 8.18. The normalized spacial score (nSPS) is 25.8. The smallest absolute Gasteiger partial charge is 0.320 e. The number of nitrogens with two attached hydrogens (primary N) is 1. The fourth-order valence-electron chi connectivity index (χ4n) is 2.28. The molecule has 0 aromatic heterocycles. The van der Waals surface area contributed by atoms with Crippen LogP contribution in [0.4, 0.5) is 4.79 Å². The van der Waals surface area contributed by atoms with Crippen LogP contribution < -0.4 is 5.73 Å². The van der Waals surface area contributed by atoms with Crippen LogP contribution in [0.15, 0.2) is 0 Å². The number of piperidine rings is 1. The van der Waals surface area contributed by atoms with Crippen LogP contribution in [0.2, 0.25) is 0 Å². The Morgan fingerprint density at radius 1 is 1.06 bits per heavy atom. The van der Waals surface area contributed by atoms with Crippen molar-refractivity contribution in [3.05, 3.63) is 0 Å². The molecular weight excluding hydrogens is 222 g/mol. The molecule has 2 fully saturated rings. The highest BCUT2D eigenvalue weighted by Gasteiger charge is 2.30. The maximum Gasteiger partial charge on any atom is 0.320 e. The second-order valence-electron chi connectivity index (χ2n) is 4.54. The van der Waals surface area contributed by atoms with Gasteiger partial charge in [0.25, 0.3) is 0 Å². The minimum Gasteiger partial charge on any atom is -0.367 e. The van der Waals surface area contributed by atoms with Crippen molar-refractivity contribution in [2.24, 2.45) is 5.73 Å². The second kappa shape index (κ2) is 5.35. The molecule has 0 aromatic rings.